The minimum atomic E-state index is -0.177. The summed E-state index contributed by atoms with van der Waals surface area (Å²) in [6, 6.07) is 0.348. The van der Waals surface area contributed by atoms with E-state index in [0.717, 1.165) is 13.0 Å². The molecule has 1 rings (SSSR count). The molecular weight excluding hydrogens is 190 g/mol. The van der Waals surface area contributed by atoms with Gasteiger partial charge in [0.05, 0.1) is 0 Å². The van der Waals surface area contributed by atoms with Crippen LogP contribution in [0.2, 0.25) is 0 Å². The Balaban J connectivity index is 2.36. The number of nitrogens with one attached hydrogen (secondary N) is 2. The number of amides is 2. The standard InChI is InChI=1S/C11H23N3O/c1-9-7-5-6-8-14(9)13-10(15)12-11(2,3)4/h9H,5-8H2,1-4H3,(H2,12,13,15). The molecule has 4 heteroatoms. The molecule has 0 aromatic heterocycles. The Morgan fingerprint density at radius 1 is 1.33 bits per heavy atom. The molecule has 1 atom stereocenters. The number of carbonyl (C=O) groups excluding carboxylic acids is 1. The first-order valence-corrected chi connectivity index (χ1v) is 5.74. The average Bonchev–Trinajstić information content (AvgIpc) is 2.05. The highest BCUT2D eigenvalue weighted by Gasteiger charge is 2.21. The number of piperidine rings is 1. The highest BCUT2D eigenvalue weighted by atomic mass is 16.2. The molecule has 0 spiro atoms. The highest BCUT2D eigenvalue weighted by Crippen LogP contribution is 2.13. The maximum absolute atomic E-state index is 11.6. The molecular formula is C11H23N3O. The third-order valence-corrected chi connectivity index (χ3v) is 2.54. The van der Waals surface area contributed by atoms with Crippen molar-refractivity contribution < 1.29 is 4.79 Å². The number of hydrogen-bond donors (Lipinski definition) is 2. The van der Waals surface area contributed by atoms with Gasteiger partial charge in [-0.1, -0.05) is 6.42 Å². The molecule has 1 unspecified atom stereocenters. The van der Waals surface area contributed by atoms with Crippen LogP contribution >= 0.6 is 0 Å². The van der Waals surface area contributed by atoms with E-state index in [9.17, 15) is 4.79 Å². The molecule has 1 heterocycles. The first-order valence-electron chi connectivity index (χ1n) is 5.74. The number of hydrogen-bond acceptors (Lipinski definition) is 2. The number of urea groups is 1. The van der Waals surface area contributed by atoms with Gasteiger partial charge >= 0.3 is 6.03 Å². The van der Waals surface area contributed by atoms with Gasteiger partial charge in [0.2, 0.25) is 0 Å². The van der Waals surface area contributed by atoms with Gasteiger partial charge in [0, 0.05) is 18.1 Å². The molecule has 4 nitrogen and oxygen atoms in total. The lowest BCUT2D eigenvalue weighted by Gasteiger charge is -2.34. The van der Waals surface area contributed by atoms with Crippen molar-refractivity contribution in [1.82, 2.24) is 15.8 Å². The Morgan fingerprint density at radius 2 is 2.00 bits per heavy atom. The van der Waals surface area contributed by atoms with E-state index in [2.05, 4.69) is 17.7 Å². The van der Waals surface area contributed by atoms with Crippen molar-refractivity contribution in [2.24, 2.45) is 0 Å². The van der Waals surface area contributed by atoms with Gasteiger partial charge < -0.3 is 5.32 Å². The van der Waals surface area contributed by atoms with Crippen LogP contribution < -0.4 is 10.7 Å². The quantitative estimate of drug-likeness (QED) is 0.698. The molecule has 1 fully saturated rings. The second kappa shape index (κ2) is 4.84. The Morgan fingerprint density at radius 3 is 2.53 bits per heavy atom. The van der Waals surface area contributed by atoms with E-state index < -0.39 is 0 Å². The van der Waals surface area contributed by atoms with Crippen LogP contribution in [0.1, 0.15) is 47.0 Å². The summed E-state index contributed by atoms with van der Waals surface area (Å²) in [6.07, 6.45) is 3.59. The second-order valence-corrected chi connectivity index (χ2v) is 5.35. The molecule has 2 amide bonds. The van der Waals surface area contributed by atoms with Gasteiger partial charge in [-0.25, -0.2) is 9.80 Å². The third kappa shape index (κ3) is 4.51. The summed E-state index contributed by atoms with van der Waals surface area (Å²) in [7, 11) is 0. The zero-order valence-corrected chi connectivity index (χ0v) is 10.3. The summed E-state index contributed by atoms with van der Waals surface area (Å²) in [4.78, 5) is 11.6. The van der Waals surface area contributed by atoms with Crippen molar-refractivity contribution in [2.75, 3.05) is 6.54 Å². The van der Waals surface area contributed by atoms with E-state index in [1.807, 2.05) is 25.8 Å². The average molecular weight is 213 g/mol. The summed E-state index contributed by atoms with van der Waals surface area (Å²) in [6.45, 7) is 9.04. The fraction of sp³-hybridized carbons (Fsp3) is 0.909. The van der Waals surface area contributed by atoms with Crippen LogP contribution in [0.4, 0.5) is 4.79 Å². The lowest BCUT2D eigenvalue weighted by molar-refractivity contribution is 0.104. The molecule has 0 radical (unpaired) electrons. The van der Waals surface area contributed by atoms with Crippen molar-refractivity contribution >= 4 is 6.03 Å². The zero-order chi connectivity index (χ0) is 11.5. The second-order valence-electron chi connectivity index (χ2n) is 5.35. The smallest absolute Gasteiger partial charge is 0.329 e. The first kappa shape index (κ1) is 12.3. The lowest BCUT2D eigenvalue weighted by atomic mass is 10.1. The molecule has 88 valence electrons. The lowest BCUT2D eigenvalue weighted by Crippen LogP contribution is -2.56. The van der Waals surface area contributed by atoms with E-state index >= 15 is 0 Å². The van der Waals surface area contributed by atoms with Crippen LogP contribution in [0.25, 0.3) is 0 Å². The molecule has 1 saturated heterocycles. The fourth-order valence-corrected chi connectivity index (χ4v) is 1.76. The molecule has 1 aliphatic heterocycles. The molecule has 0 bridgehead atoms. The van der Waals surface area contributed by atoms with Gasteiger partial charge in [-0.05, 0) is 40.5 Å². The van der Waals surface area contributed by atoms with Gasteiger partial charge in [0.15, 0.2) is 0 Å². The first-order chi connectivity index (χ1) is 6.88. The summed E-state index contributed by atoms with van der Waals surface area (Å²) in [5, 5.41) is 4.93. The number of carbonyl (C=O) groups is 1. The van der Waals surface area contributed by atoms with E-state index in [0.29, 0.717) is 6.04 Å². The Kier molecular flexibility index (Phi) is 3.97. The highest BCUT2D eigenvalue weighted by molar-refractivity contribution is 5.74. The minimum absolute atomic E-state index is 0.101. The van der Waals surface area contributed by atoms with Gasteiger partial charge in [0.1, 0.15) is 0 Å². The minimum Gasteiger partial charge on any atom is -0.332 e. The normalized spacial score (nSPS) is 23.6. The predicted octanol–water partition coefficient (Wildman–Crippen LogP) is 1.87. The Hall–Kier alpha value is -0.770. The van der Waals surface area contributed by atoms with Crippen LogP contribution in [0.3, 0.4) is 0 Å². The molecule has 0 saturated carbocycles. The van der Waals surface area contributed by atoms with Gasteiger partial charge in [-0.2, -0.15) is 0 Å². The van der Waals surface area contributed by atoms with Crippen LogP contribution in [-0.2, 0) is 0 Å². The van der Waals surface area contributed by atoms with Crippen molar-refractivity contribution in [2.45, 2.75) is 58.5 Å². The summed E-state index contributed by atoms with van der Waals surface area (Å²) in [5.74, 6) is 0. The maximum atomic E-state index is 11.6. The molecule has 0 aliphatic carbocycles. The van der Waals surface area contributed by atoms with Crippen molar-refractivity contribution in [3.63, 3.8) is 0 Å². The monoisotopic (exact) mass is 213 g/mol. The van der Waals surface area contributed by atoms with E-state index in [1.165, 1.54) is 12.8 Å². The molecule has 0 aromatic carbocycles. The number of nitrogens with zero attached hydrogens (tertiary/aromatic N) is 1. The Labute approximate surface area is 92.4 Å². The molecule has 15 heavy (non-hydrogen) atoms. The Bertz CT molecular complexity index is 222. The van der Waals surface area contributed by atoms with E-state index in [4.69, 9.17) is 0 Å². The van der Waals surface area contributed by atoms with Crippen molar-refractivity contribution in [1.29, 1.82) is 0 Å². The van der Waals surface area contributed by atoms with Gasteiger partial charge in [0.25, 0.3) is 0 Å². The van der Waals surface area contributed by atoms with Crippen molar-refractivity contribution in [3.8, 4) is 0 Å². The molecule has 2 N–H and O–H groups in total. The molecule has 0 aromatic rings. The summed E-state index contributed by atoms with van der Waals surface area (Å²) in [5.41, 5.74) is 2.73. The van der Waals surface area contributed by atoms with Crippen LogP contribution in [-0.4, -0.2) is 29.2 Å². The van der Waals surface area contributed by atoms with Gasteiger partial charge in [-0.15, -0.1) is 0 Å². The van der Waals surface area contributed by atoms with Crippen LogP contribution in [0.5, 0.6) is 0 Å². The maximum Gasteiger partial charge on any atom is 0.329 e. The predicted molar refractivity (Wildman–Crippen MR) is 61.4 cm³/mol. The summed E-state index contributed by atoms with van der Waals surface area (Å²) >= 11 is 0. The largest absolute Gasteiger partial charge is 0.332 e. The van der Waals surface area contributed by atoms with Gasteiger partial charge in [-0.3, -0.25) is 5.43 Å². The SMILES string of the molecule is CC1CCCCN1NC(=O)NC(C)(C)C. The van der Waals surface area contributed by atoms with Crippen molar-refractivity contribution in [3.05, 3.63) is 0 Å². The zero-order valence-electron chi connectivity index (χ0n) is 10.3. The van der Waals surface area contributed by atoms with E-state index in [-0.39, 0.29) is 11.6 Å². The van der Waals surface area contributed by atoms with Crippen LogP contribution in [0.15, 0.2) is 0 Å². The number of rotatable bonds is 1. The molecule has 1 aliphatic rings. The van der Waals surface area contributed by atoms with E-state index in [1.54, 1.807) is 0 Å². The van der Waals surface area contributed by atoms with Crippen LogP contribution in [0, 0.1) is 0 Å². The topological polar surface area (TPSA) is 44.4 Å². The summed E-state index contributed by atoms with van der Waals surface area (Å²) < 4.78 is 0. The third-order valence-electron chi connectivity index (χ3n) is 2.54. The number of hydrazine groups is 1. The fourth-order valence-electron chi connectivity index (χ4n) is 1.76.